The summed E-state index contributed by atoms with van der Waals surface area (Å²) in [5.41, 5.74) is 1.25. The number of benzene rings is 2. The van der Waals surface area contributed by atoms with E-state index in [0.29, 0.717) is 17.2 Å². The number of ether oxygens (including phenoxy) is 3. The van der Waals surface area contributed by atoms with Crippen LogP contribution in [0.15, 0.2) is 48.5 Å². The van der Waals surface area contributed by atoms with Gasteiger partial charge in [-0.1, -0.05) is 45.0 Å². The molecule has 3 rings (SSSR count). The summed E-state index contributed by atoms with van der Waals surface area (Å²) in [6, 6.07) is 14.8. The van der Waals surface area contributed by atoms with Crippen LogP contribution in [0, 0.1) is 0 Å². The molecule has 2 aromatic rings. The summed E-state index contributed by atoms with van der Waals surface area (Å²) < 4.78 is 16.6. The number of fused-ring (bicyclic) bond motifs is 1. The Labute approximate surface area is 136 Å². The summed E-state index contributed by atoms with van der Waals surface area (Å²) in [6.45, 7) is 6.56. The monoisotopic (exact) mass is 312 g/mol. The maximum absolute atomic E-state index is 12.2. The zero-order chi connectivity index (χ0) is 16.4. The van der Waals surface area contributed by atoms with Gasteiger partial charge in [-0.25, -0.2) is 4.79 Å². The maximum Gasteiger partial charge on any atom is 0.356 e. The first-order valence-electron chi connectivity index (χ1n) is 7.64. The molecule has 0 unspecified atom stereocenters. The molecule has 0 N–H and O–H groups in total. The van der Waals surface area contributed by atoms with Gasteiger partial charge in [-0.15, -0.1) is 0 Å². The summed E-state index contributed by atoms with van der Waals surface area (Å²) in [5.74, 6) is 1.25. The zero-order valence-corrected chi connectivity index (χ0v) is 13.5. The van der Waals surface area contributed by atoms with Crippen molar-refractivity contribution in [2.24, 2.45) is 0 Å². The van der Waals surface area contributed by atoms with Gasteiger partial charge in [0, 0.05) is 0 Å². The first-order valence-corrected chi connectivity index (χ1v) is 7.64. The Bertz CT molecular complexity index is 698. The number of hydrogen-bond acceptors (Lipinski definition) is 4. The van der Waals surface area contributed by atoms with Crippen LogP contribution in [0.1, 0.15) is 26.3 Å². The standard InChI is InChI=1S/C19H20O4/c1-19(2,3)13-8-10-14(11-9-13)22-18(20)17-12-21-15-6-4-5-7-16(15)23-17/h4-11,17H,12H2,1-3H3/t17-/m0/s1. The number of carbonyl (C=O) groups is 1. The van der Waals surface area contributed by atoms with Crippen LogP contribution in [0.4, 0.5) is 0 Å². The highest BCUT2D eigenvalue weighted by atomic mass is 16.6. The number of carbonyl (C=O) groups excluding carboxylic acids is 1. The summed E-state index contributed by atoms with van der Waals surface area (Å²) in [6.07, 6.45) is -0.757. The molecule has 0 saturated heterocycles. The van der Waals surface area contributed by atoms with Crippen molar-refractivity contribution in [3.05, 3.63) is 54.1 Å². The maximum atomic E-state index is 12.2. The Balaban J connectivity index is 1.66. The minimum absolute atomic E-state index is 0.0621. The van der Waals surface area contributed by atoms with Gasteiger partial charge in [0.05, 0.1) is 0 Å². The average Bonchev–Trinajstić information content (AvgIpc) is 2.54. The van der Waals surface area contributed by atoms with Crippen LogP contribution < -0.4 is 14.2 Å². The second kappa shape index (κ2) is 5.95. The lowest BCUT2D eigenvalue weighted by Crippen LogP contribution is -2.39. The van der Waals surface area contributed by atoms with Gasteiger partial charge in [-0.05, 0) is 35.2 Å². The Morgan fingerprint density at radius 2 is 1.70 bits per heavy atom. The number of hydrogen-bond donors (Lipinski definition) is 0. The van der Waals surface area contributed by atoms with Gasteiger partial charge in [0.15, 0.2) is 11.5 Å². The van der Waals surface area contributed by atoms with E-state index in [9.17, 15) is 4.79 Å². The summed E-state index contributed by atoms with van der Waals surface area (Å²) in [7, 11) is 0. The zero-order valence-electron chi connectivity index (χ0n) is 13.5. The molecule has 1 heterocycles. The molecule has 0 radical (unpaired) electrons. The van der Waals surface area contributed by atoms with Gasteiger partial charge >= 0.3 is 5.97 Å². The summed E-state index contributed by atoms with van der Waals surface area (Å²) in [4.78, 5) is 12.2. The van der Waals surface area contributed by atoms with Crippen molar-refractivity contribution in [1.82, 2.24) is 0 Å². The van der Waals surface area contributed by atoms with E-state index in [-0.39, 0.29) is 12.0 Å². The van der Waals surface area contributed by atoms with E-state index in [2.05, 4.69) is 20.8 Å². The molecule has 0 saturated carbocycles. The third-order valence-corrected chi connectivity index (χ3v) is 3.71. The van der Waals surface area contributed by atoms with Gasteiger partial charge in [-0.2, -0.15) is 0 Å². The third kappa shape index (κ3) is 3.47. The van der Waals surface area contributed by atoms with Crippen LogP contribution >= 0.6 is 0 Å². The van der Waals surface area contributed by atoms with E-state index in [4.69, 9.17) is 14.2 Å². The fourth-order valence-corrected chi connectivity index (χ4v) is 2.34. The van der Waals surface area contributed by atoms with Crippen LogP contribution in [-0.4, -0.2) is 18.7 Å². The minimum atomic E-state index is -0.757. The molecule has 0 amide bonds. The van der Waals surface area contributed by atoms with Gasteiger partial charge in [0.25, 0.3) is 0 Å². The molecule has 4 heteroatoms. The number of esters is 1. The molecule has 2 aromatic carbocycles. The Morgan fingerprint density at radius 1 is 1.04 bits per heavy atom. The van der Waals surface area contributed by atoms with E-state index < -0.39 is 12.1 Å². The van der Waals surface area contributed by atoms with Gasteiger partial charge < -0.3 is 14.2 Å². The third-order valence-electron chi connectivity index (χ3n) is 3.71. The van der Waals surface area contributed by atoms with E-state index in [1.807, 2.05) is 30.3 Å². The van der Waals surface area contributed by atoms with Crippen LogP contribution in [0.25, 0.3) is 0 Å². The van der Waals surface area contributed by atoms with Crippen molar-refractivity contribution < 1.29 is 19.0 Å². The van der Waals surface area contributed by atoms with Crippen molar-refractivity contribution in [1.29, 1.82) is 0 Å². The molecule has 0 fully saturated rings. The normalized spacial score (nSPS) is 16.7. The molecule has 23 heavy (non-hydrogen) atoms. The molecule has 4 nitrogen and oxygen atoms in total. The lowest BCUT2D eigenvalue weighted by Gasteiger charge is -2.25. The predicted octanol–water partition coefficient (Wildman–Crippen LogP) is 3.73. The van der Waals surface area contributed by atoms with Crippen molar-refractivity contribution >= 4 is 5.97 Å². The quantitative estimate of drug-likeness (QED) is 0.626. The van der Waals surface area contributed by atoms with Crippen LogP contribution in [0.5, 0.6) is 17.2 Å². The largest absolute Gasteiger partial charge is 0.485 e. The second-order valence-electron chi connectivity index (χ2n) is 6.56. The lowest BCUT2D eigenvalue weighted by atomic mass is 9.87. The molecule has 1 aliphatic heterocycles. The minimum Gasteiger partial charge on any atom is -0.485 e. The predicted molar refractivity (Wildman–Crippen MR) is 87.1 cm³/mol. The molecule has 0 aliphatic carbocycles. The molecule has 1 aliphatic rings. The van der Waals surface area contributed by atoms with Gasteiger partial charge in [0.1, 0.15) is 12.4 Å². The van der Waals surface area contributed by atoms with Gasteiger partial charge in [-0.3, -0.25) is 0 Å². The molecule has 120 valence electrons. The highest BCUT2D eigenvalue weighted by Crippen LogP contribution is 2.31. The Kier molecular flexibility index (Phi) is 3.99. The summed E-state index contributed by atoms with van der Waals surface area (Å²) >= 11 is 0. The smallest absolute Gasteiger partial charge is 0.356 e. The molecule has 0 bridgehead atoms. The SMILES string of the molecule is CC(C)(C)c1ccc(OC(=O)[C@@H]2COc3ccccc3O2)cc1. The number of rotatable bonds is 2. The summed E-state index contributed by atoms with van der Waals surface area (Å²) in [5, 5.41) is 0. The van der Waals surface area contributed by atoms with Crippen molar-refractivity contribution in [2.75, 3.05) is 6.61 Å². The first kappa shape index (κ1) is 15.4. The highest BCUT2D eigenvalue weighted by Gasteiger charge is 2.29. The van der Waals surface area contributed by atoms with Crippen LogP contribution in [0.3, 0.4) is 0 Å². The molecular formula is C19H20O4. The molecule has 0 aromatic heterocycles. The first-order chi connectivity index (χ1) is 10.9. The van der Waals surface area contributed by atoms with Crippen molar-refractivity contribution in [3.63, 3.8) is 0 Å². The fourth-order valence-electron chi connectivity index (χ4n) is 2.34. The number of para-hydroxylation sites is 2. The molecule has 1 atom stereocenters. The fraction of sp³-hybridized carbons (Fsp3) is 0.316. The van der Waals surface area contributed by atoms with E-state index in [1.54, 1.807) is 18.2 Å². The highest BCUT2D eigenvalue weighted by molar-refractivity contribution is 5.78. The lowest BCUT2D eigenvalue weighted by molar-refractivity contribution is -0.144. The Hall–Kier alpha value is -2.49. The average molecular weight is 312 g/mol. The second-order valence-corrected chi connectivity index (χ2v) is 6.56. The van der Waals surface area contributed by atoms with Crippen LogP contribution in [-0.2, 0) is 10.2 Å². The molecular weight excluding hydrogens is 292 g/mol. The molecule has 0 spiro atoms. The van der Waals surface area contributed by atoms with E-state index in [1.165, 1.54) is 5.56 Å². The van der Waals surface area contributed by atoms with Crippen LogP contribution in [0.2, 0.25) is 0 Å². The van der Waals surface area contributed by atoms with Crippen molar-refractivity contribution in [3.8, 4) is 17.2 Å². The topological polar surface area (TPSA) is 44.8 Å². The van der Waals surface area contributed by atoms with Gasteiger partial charge in [0.2, 0.25) is 6.10 Å². The van der Waals surface area contributed by atoms with Crippen molar-refractivity contribution in [2.45, 2.75) is 32.3 Å². The van der Waals surface area contributed by atoms with E-state index >= 15 is 0 Å². The van der Waals surface area contributed by atoms with E-state index in [0.717, 1.165) is 0 Å². The Morgan fingerprint density at radius 3 is 2.35 bits per heavy atom.